The fraction of sp³-hybridized carbons (Fsp3) is 0.158. The molecule has 3 N–H and O–H groups in total. The summed E-state index contributed by atoms with van der Waals surface area (Å²) >= 11 is 0. The molecule has 0 atom stereocenters. The number of alkyl halides is 6. The van der Waals surface area contributed by atoms with Crippen molar-refractivity contribution in [1.29, 1.82) is 0 Å². The van der Waals surface area contributed by atoms with Gasteiger partial charge in [0.15, 0.2) is 12.4 Å². The zero-order chi connectivity index (χ0) is 24.4. The van der Waals surface area contributed by atoms with E-state index in [1.807, 2.05) is 0 Å². The van der Waals surface area contributed by atoms with Crippen molar-refractivity contribution in [3.63, 3.8) is 0 Å². The topological polar surface area (TPSA) is 103 Å². The fourth-order valence-corrected chi connectivity index (χ4v) is 2.51. The number of ether oxygens (including phenoxy) is 1. The molecule has 1 amide bonds. The summed E-state index contributed by atoms with van der Waals surface area (Å²) in [6, 6.07) is 5.96. The number of primary amides is 1. The molecule has 33 heavy (non-hydrogen) atoms. The fourth-order valence-electron chi connectivity index (χ4n) is 2.51. The first-order valence-corrected chi connectivity index (χ1v) is 8.81. The summed E-state index contributed by atoms with van der Waals surface area (Å²) in [6.45, 7) is -1.77. The number of benzene rings is 2. The molecule has 0 aliphatic rings. The normalized spacial score (nSPS) is 11.8. The molecule has 0 bridgehead atoms. The molecule has 0 spiro atoms. The van der Waals surface area contributed by atoms with Crippen LogP contribution in [0.4, 0.5) is 42.4 Å². The van der Waals surface area contributed by atoms with E-state index in [1.54, 1.807) is 0 Å². The highest BCUT2D eigenvalue weighted by Gasteiger charge is 2.31. The van der Waals surface area contributed by atoms with Gasteiger partial charge >= 0.3 is 18.4 Å². The van der Waals surface area contributed by atoms with Crippen LogP contribution in [0.2, 0.25) is 0 Å². The predicted molar refractivity (Wildman–Crippen MR) is 100 cm³/mol. The minimum Gasteiger partial charge on any atom is -0.454 e. The summed E-state index contributed by atoms with van der Waals surface area (Å²) < 4.78 is 94.7. The number of halogens is 7. The van der Waals surface area contributed by atoms with Crippen LogP contribution in [0.5, 0.6) is 6.01 Å². The summed E-state index contributed by atoms with van der Waals surface area (Å²) in [5, 5.41) is 2.42. The Morgan fingerprint density at radius 1 is 1.00 bits per heavy atom. The number of carbonyl (C=O) groups is 1. The number of hydrogen-bond donors (Lipinski definition) is 2. The van der Waals surface area contributed by atoms with Gasteiger partial charge in [0.05, 0.1) is 11.1 Å². The molecular formula is C19H12F7N5O2. The number of nitrogens with zero attached hydrogens (tertiary/aromatic N) is 3. The second-order valence-electron chi connectivity index (χ2n) is 6.43. The Bertz CT molecular complexity index is 1180. The van der Waals surface area contributed by atoms with Crippen LogP contribution < -0.4 is 15.8 Å². The maximum Gasteiger partial charge on any atom is 0.422 e. The number of amides is 1. The second-order valence-corrected chi connectivity index (χ2v) is 6.43. The molecule has 0 aliphatic carbocycles. The molecule has 0 radical (unpaired) electrons. The SMILES string of the molecule is NC(=O)c1cc(-c2nc(Nc3cccc(C(F)(F)F)c3)nc(OCC(F)(F)F)n2)ccc1F. The molecule has 1 aromatic heterocycles. The molecule has 0 saturated heterocycles. The number of nitrogens with two attached hydrogens (primary N) is 1. The van der Waals surface area contributed by atoms with Crippen molar-refractivity contribution in [2.75, 3.05) is 11.9 Å². The lowest BCUT2D eigenvalue weighted by Crippen LogP contribution is -2.20. The van der Waals surface area contributed by atoms with Crippen LogP contribution in [0, 0.1) is 5.82 Å². The molecule has 3 rings (SSSR count). The van der Waals surface area contributed by atoms with Crippen LogP contribution in [-0.4, -0.2) is 33.6 Å². The molecule has 174 valence electrons. The van der Waals surface area contributed by atoms with Crippen molar-refractivity contribution in [3.8, 4) is 17.4 Å². The highest BCUT2D eigenvalue weighted by atomic mass is 19.4. The number of hydrogen-bond acceptors (Lipinski definition) is 6. The van der Waals surface area contributed by atoms with E-state index in [9.17, 15) is 35.5 Å². The third kappa shape index (κ3) is 6.27. The third-order valence-electron chi connectivity index (χ3n) is 3.92. The third-order valence-corrected chi connectivity index (χ3v) is 3.92. The van der Waals surface area contributed by atoms with Crippen LogP contribution in [0.3, 0.4) is 0 Å². The lowest BCUT2D eigenvalue weighted by molar-refractivity contribution is -0.154. The van der Waals surface area contributed by atoms with Crippen LogP contribution in [0.15, 0.2) is 42.5 Å². The maximum atomic E-state index is 13.8. The Balaban J connectivity index is 2.03. The van der Waals surface area contributed by atoms with Crippen LogP contribution in [0.1, 0.15) is 15.9 Å². The van der Waals surface area contributed by atoms with E-state index in [2.05, 4.69) is 25.0 Å². The van der Waals surface area contributed by atoms with Crippen LogP contribution >= 0.6 is 0 Å². The van der Waals surface area contributed by atoms with Gasteiger partial charge in [-0.3, -0.25) is 4.79 Å². The van der Waals surface area contributed by atoms with Gasteiger partial charge < -0.3 is 15.8 Å². The van der Waals surface area contributed by atoms with Gasteiger partial charge in [0.25, 0.3) is 5.91 Å². The quantitative estimate of drug-likeness (QED) is 0.510. The Hall–Kier alpha value is -3.97. The van der Waals surface area contributed by atoms with Crippen molar-refractivity contribution in [2.24, 2.45) is 5.73 Å². The minimum atomic E-state index is -4.74. The molecule has 0 fully saturated rings. The Morgan fingerprint density at radius 3 is 2.36 bits per heavy atom. The molecule has 0 saturated carbocycles. The average molecular weight is 475 g/mol. The van der Waals surface area contributed by atoms with Gasteiger partial charge in [-0.1, -0.05) is 6.07 Å². The summed E-state index contributed by atoms with van der Waals surface area (Å²) in [5.41, 5.74) is 3.36. The van der Waals surface area contributed by atoms with Gasteiger partial charge in [0.1, 0.15) is 5.82 Å². The number of carbonyl (C=O) groups excluding carboxylic acids is 1. The highest BCUT2D eigenvalue weighted by Crippen LogP contribution is 2.31. The standard InChI is InChI=1S/C19H12F7N5O2/c20-13-5-4-9(6-12(13)14(27)32)15-29-16(31-17(30-15)33-8-18(21,22)23)28-11-3-1-2-10(7-11)19(24,25)26/h1-7H,8H2,(H2,27,32)(H,28,29,30,31). The molecular weight excluding hydrogens is 463 g/mol. The molecule has 3 aromatic rings. The van der Waals surface area contributed by atoms with Crippen molar-refractivity contribution < 1.29 is 40.3 Å². The van der Waals surface area contributed by atoms with Gasteiger partial charge in [-0.2, -0.15) is 41.3 Å². The predicted octanol–water partition coefficient (Wildman–Crippen LogP) is 4.48. The molecule has 14 heteroatoms. The number of aromatic nitrogens is 3. The smallest absolute Gasteiger partial charge is 0.422 e. The van der Waals surface area contributed by atoms with E-state index in [4.69, 9.17) is 5.73 Å². The van der Waals surface area contributed by atoms with Crippen LogP contribution in [0.25, 0.3) is 11.4 Å². The molecule has 0 unspecified atom stereocenters. The Kier molecular flexibility index (Phi) is 6.37. The van der Waals surface area contributed by atoms with E-state index in [-0.39, 0.29) is 17.1 Å². The number of anilines is 2. The van der Waals surface area contributed by atoms with Gasteiger partial charge in [0.2, 0.25) is 5.95 Å². The zero-order valence-corrected chi connectivity index (χ0v) is 16.1. The maximum absolute atomic E-state index is 13.8. The van der Waals surface area contributed by atoms with E-state index in [1.165, 1.54) is 6.07 Å². The molecule has 1 heterocycles. The largest absolute Gasteiger partial charge is 0.454 e. The average Bonchev–Trinajstić information content (AvgIpc) is 2.71. The van der Waals surface area contributed by atoms with Gasteiger partial charge in [0, 0.05) is 11.3 Å². The first-order valence-electron chi connectivity index (χ1n) is 8.81. The van der Waals surface area contributed by atoms with E-state index in [0.29, 0.717) is 0 Å². The molecule has 0 aliphatic heterocycles. The monoisotopic (exact) mass is 475 g/mol. The van der Waals surface area contributed by atoms with Crippen molar-refractivity contribution in [3.05, 3.63) is 59.4 Å². The first-order chi connectivity index (χ1) is 15.3. The van der Waals surface area contributed by atoms with Gasteiger partial charge in [-0.25, -0.2) is 4.39 Å². The van der Waals surface area contributed by atoms with E-state index < -0.39 is 53.8 Å². The number of rotatable bonds is 6. The molecule has 7 nitrogen and oxygen atoms in total. The lowest BCUT2D eigenvalue weighted by atomic mass is 10.1. The number of nitrogens with one attached hydrogen (secondary N) is 1. The molecule has 2 aromatic carbocycles. The van der Waals surface area contributed by atoms with Crippen molar-refractivity contribution in [2.45, 2.75) is 12.4 Å². The Labute approximate surface area is 180 Å². The summed E-state index contributed by atoms with van der Waals surface area (Å²) in [5.74, 6) is -2.92. The summed E-state index contributed by atoms with van der Waals surface area (Å²) in [4.78, 5) is 22.6. The van der Waals surface area contributed by atoms with Crippen LogP contribution in [-0.2, 0) is 6.18 Å². The van der Waals surface area contributed by atoms with Crippen molar-refractivity contribution in [1.82, 2.24) is 15.0 Å². The van der Waals surface area contributed by atoms with E-state index in [0.717, 1.165) is 36.4 Å². The van der Waals surface area contributed by atoms with E-state index >= 15 is 0 Å². The minimum absolute atomic E-state index is 0.0449. The van der Waals surface area contributed by atoms with Crippen molar-refractivity contribution >= 4 is 17.5 Å². The van der Waals surface area contributed by atoms with Gasteiger partial charge in [-0.15, -0.1) is 0 Å². The van der Waals surface area contributed by atoms with Gasteiger partial charge in [-0.05, 0) is 36.4 Å². The summed E-state index contributed by atoms with van der Waals surface area (Å²) in [7, 11) is 0. The lowest BCUT2D eigenvalue weighted by Gasteiger charge is -2.12. The first kappa shape index (κ1) is 23.7. The summed E-state index contributed by atoms with van der Waals surface area (Å²) in [6.07, 6.45) is -9.39. The highest BCUT2D eigenvalue weighted by molar-refractivity contribution is 5.94. The zero-order valence-electron chi connectivity index (χ0n) is 16.1. The Morgan fingerprint density at radius 2 is 1.73 bits per heavy atom. The second kappa shape index (κ2) is 8.88.